The Morgan fingerprint density at radius 2 is 1.64 bits per heavy atom. The maximum absolute atomic E-state index is 12.5. The van der Waals surface area contributed by atoms with E-state index in [2.05, 4.69) is 10.3 Å². The van der Waals surface area contributed by atoms with Crippen molar-refractivity contribution in [1.82, 2.24) is 10.2 Å². The monoisotopic (exact) mass is 404 g/mol. The second-order valence-electron chi connectivity index (χ2n) is 6.61. The Bertz CT molecular complexity index is 696. The molecule has 1 fully saturated rings. The summed E-state index contributed by atoms with van der Waals surface area (Å²) in [5.74, 6) is -0.671. The topological polar surface area (TPSA) is 65.0 Å². The number of amides is 3. The second kappa shape index (κ2) is 7.11. The number of hydrogen-bond donors (Lipinski definition) is 1. The molecule has 1 heterocycles. The molecule has 0 radical (unpaired) electrons. The van der Waals surface area contributed by atoms with Gasteiger partial charge in [0, 0.05) is 12.6 Å². The van der Waals surface area contributed by atoms with Crippen LogP contribution in [0.1, 0.15) is 20.8 Å². The fraction of sp³-hybridized carbons (Fsp3) is 0.438. The van der Waals surface area contributed by atoms with Crippen LogP contribution in [0.2, 0.25) is 0 Å². The molecule has 1 aliphatic heterocycles. The fourth-order valence-corrected chi connectivity index (χ4v) is 2.53. The Kier molecular flexibility index (Phi) is 5.68. The summed E-state index contributed by atoms with van der Waals surface area (Å²) in [6.45, 7) is 5.62. The largest absolute Gasteiger partial charge is 0.337 e. The molecule has 1 aromatic carbocycles. The molecular formula is C16H19Cl3N4O2. The molecule has 1 aromatic rings. The molecule has 1 N–H and O–H groups in total. The zero-order valence-corrected chi connectivity index (χ0v) is 16.5. The van der Waals surface area contributed by atoms with Gasteiger partial charge in [0.15, 0.2) is 0 Å². The maximum atomic E-state index is 12.5. The summed E-state index contributed by atoms with van der Waals surface area (Å²) >= 11 is 18.1. The number of urea groups is 1. The van der Waals surface area contributed by atoms with Crippen LogP contribution in [0.25, 0.3) is 0 Å². The number of aliphatic imine (C=N–C) groups is 1. The number of para-hydroxylation sites is 1. The lowest BCUT2D eigenvalue weighted by Gasteiger charge is -2.30. The molecule has 0 aromatic heterocycles. The number of imide groups is 1. The van der Waals surface area contributed by atoms with E-state index >= 15 is 0 Å². The van der Waals surface area contributed by atoms with Crippen molar-refractivity contribution in [3.8, 4) is 0 Å². The van der Waals surface area contributed by atoms with E-state index in [4.69, 9.17) is 34.8 Å². The van der Waals surface area contributed by atoms with Crippen LogP contribution in [-0.4, -0.2) is 45.2 Å². The average Bonchev–Trinajstić information content (AvgIpc) is 2.70. The highest BCUT2D eigenvalue weighted by molar-refractivity contribution is 6.68. The quantitative estimate of drug-likeness (QED) is 0.617. The normalized spacial score (nSPS) is 19.1. The zero-order valence-electron chi connectivity index (χ0n) is 14.3. The van der Waals surface area contributed by atoms with Gasteiger partial charge in [-0.3, -0.25) is 15.0 Å². The number of nitrogens with zero attached hydrogens (tertiary/aromatic N) is 3. The van der Waals surface area contributed by atoms with Gasteiger partial charge in [-0.05, 0) is 32.9 Å². The fourth-order valence-electron chi connectivity index (χ4n) is 2.22. The van der Waals surface area contributed by atoms with Gasteiger partial charge >= 0.3 is 6.03 Å². The van der Waals surface area contributed by atoms with Crippen LogP contribution >= 0.6 is 34.8 Å². The molecule has 6 nitrogen and oxygen atoms in total. The van der Waals surface area contributed by atoms with E-state index in [1.165, 1.54) is 11.9 Å². The number of anilines is 1. The number of nitrogens with one attached hydrogen (secondary N) is 1. The van der Waals surface area contributed by atoms with Gasteiger partial charge in [-0.2, -0.15) is 0 Å². The maximum Gasteiger partial charge on any atom is 0.337 e. The van der Waals surface area contributed by atoms with Crippen LogP contribution in [0.5, 0.6) is 0 Å². The average molecular weight is 406 g/mol. The molecule has 136 valence electrons. The number of amidine groups is 1. The number of carbonyl (C=O) groups excluding carboxylic acids is 2. The molecule has 0 aliphatic carbocycles. The first-order valence-corrected chi connectivity index (χ1v) is 8.64. The summed E-state index contributed by atoms with van der Waals surface area (Å²) in [5.41, 5.74) is 0.0659. The number of hydrogen-bond acceptors (Lipinski definition) is 4. The van der Waals surface area contributed by atoms with E-state index in [1.807, 2.05) is 20.8 Å². The standard InChI is InChI=1S/C16H19Cl3N4O2/c1-15(2,3)21-13(16(17,18)19)20-11-12(24)22(4)14(25)23(11)10-8-6-5-7-9-10/h5-9,13,21H,1-4H3/b20-11+. The van der Waals surface area contributed by atoms with Crippen molar-refractivity contribution in [3.05, 3.63) is 30.3 Å². The first kappa shape index (κ1) is 20.0. The van der Waals surface area contributed by atoms with Crippen LogP contribution in [0.15, 0.2) is 35.3 Å². The minimum atomic E-state index is -1.81. The number of benzene rings is 1. The highest BCUT2D eigenvalue weighted by Gasteiger charge is 2.44. The number of halogens is 3. The Balaban J connectivity index is 2.52. The Hall–Kier alpha value is -1.34. The van der Waals surface area contributed by atoms with Gasteiger partial charge in [0.2, 0.25) is 9.63 Å². The molecule has 1 saturated heterocycles. The predicted molar refractivity (Wildman–Crippen MR) is 101 cm³/mol. The van der Waals surface area contributed by atoms with E-state index in [1.54, 1.807) is 30.3 Å². The van der Waals surface area contributed by atoms with Gasteiger partial charge in [0.1, 0.15) is 6.17 Å². The van der Waals surface area contributed by atoms with Gasteiger partial charge in [0.05, 0.1) is 5.69 Å². The molecule has 2 rings (SSSR count). The van der Waals surface area contributed by atoms with Gasteiger partial charge in [-0.25, -0.2) is 14.7 Å². The first-order valence-electron chi connectivity index (χ1n) is 7.51. The third-order valence-electron chi connectivity index (χ3n) is 3.33. The van der Waals surface area contributed by atoms with Crippen molar-refractivity contribution in [1.29, 1.82) is 0 Å². The smallest absolute Gasteiger partial charge is 0.287 e. The van der Waals surface area contributed by atoms with Gasteiger partial charge < -0.3 is 0 Å². The lowest BCUT2D eigenvalue weighted by Crippen LogP contribution is -2.50. The van der Waals surface area contributed by atoms with Crippen LogP contribution in [0.4, 0.5) is 10.5 Å². The van der Waals surface area contributed by atoms with E-state index in [9.17, 15) is 9.59 Å². The van der Waals surface area contributed by atoms with Crippen LogP contribution in [0, 0.1) is 0 Å². The zero-order chi connectivity index (χ0) is 19.0. The van der Waals surface area contributed by atoms with Gasteiger partial charge in [-0.1, -0.05) is 53.0 Å². The predicted octanol–water partition coefficient (Wildman–Crippen LogP) is 3.57. The number of rotatable bonds is 3. The van der Waals surface area contributed by atoms with Crippen molar-refractivity contribution in [2.45, 2.75) is 36.3 Å². The Labute approximate surface area is 161 Å². The van der Waals surface area contributed by atoms with Gasteiger partial charge in [-0.15, -0.1) is 0 Å². The third-order valence-corrected chi connectivity index (χ3v) is 3.95. The molecule has 25 heavy (non-hydrogen) atoms. The Morgan fingerprint density at radius 3 is 2.12 bits per heavy atom. The number of carbonyl (C=O) groups is 2. The molecule has 9 heteroatoms. The van der Waals surface area contributed by atoms with E-state index in [0.717, 1.165) is 4.90 Å². The lowest BCUT2D eigenvalue weighted by atomic mass is 10.1. The minimum absolute atomic E-state index is 0.105. The minimum Gasteiger partial charge on any atom is -0.287 e. The molecular weight excluding hydrogens is 387 g/mol. The van der Waals surface area contributed by atoms with Crippen LogP contribution < -0.4 is 10.2 Å². The second-order valence-corrected chi connectivity index (χ2v) is 8.98. The highest BCUT2D eigenvalue weighted by atomic mass is 35.6. The van der Waals surface area contributed by atoms with Crippen molar-refractivity contribution in [2.75, 3.05) is 11.9 Å². The van der Waals surface area contributed by atoms with E-state index in [0.29, 0.717) is 5.69 Å². The summed E-state index contributed by atoms with van der Waals surface area (Å²) in [6, 6.07) is 8.18. The molecule has 0 bridgehead atoms. The first-order chi connectivity index (χ1) is 11.4. The van der Waals surface area contributed by atoms with Crippen molar-refractivity contribution in [2.24, 2.45) is 4.99 Å². The van der Waals surface area contributed by atoms with Crippen molar-refractivity contribution in [3.63, 3.8) is 0 Å². The summed E-state index contributed by atoms with van der Waals surface area (Å²) in [6.07, 6.45) is -1.03. The van der Waals surface area contributed by atoms with Crippen molar-refractivity contribution >= 4 is 58.3 Å². The van der Waals surface area contributed by atoms with E-state index < -0.39 is 27.4 Å². The van der Waals surface area contributed by atoms with Gasteiger partial charge in [0.25, 0.3) is 5.91 Å². The SMILES string of the molecule is CN1C(=O)/C(=N\C(NC(C)(C)C)C(Cl)(Cl)Cl)N(c2ccccc2)C1=O. The lowest BCUT2D eigenvalue weighted by molar-refractivity contribution is -0.119. The molecule has 0 spiro atoms. The molecule has 1 aliphatic rings. The van der Waals surface area contributed by atoms with Crippen LogP contribution in [0.3, 0.4) is 0 Å². The van der Waals surface area contributed by atoms with Crippen LogP contribution in [-0.2, 0) is 4.79 Å². The van der Waals surface area contributed by atoms with Crippen molar-refractivity contribution < 1.29 is 9.59 Å². The molecule has 0 saturated carbocycles. The van der Waals surface area contributed by atoms with E-state index in [-0.39, 0.29) is 5.84 Å². The number of alkyl halides is 3. The molecule has 1 unspecified atom stereocenters. The summed E-state index contributed by atoms with van der Waals surface area (Å²) in [7, 11) is 1.38. The third kappa shape index (κ3) is 4.64. The number of likely N-dealkylation sites (N-methyl/N-ethyl adjacent to an activating group) is 1. The summed E-state index contributed by atoms with van der Waals surface area (Å²) < 4.78 is -1.81. The molecule has 1 atom stereocenters. The summed E-state index contributed by atoms with van der Waals surface area (Å²) in [5, 5.41) is 3.05. The summed E-state index contributed by atoms with van der Waals surface area (Å²) in [4.78, 5) is 31.4. The Morgan fingerprint density at radius 1 is 1.08 bits per heavy atom. The molecule has 3 amide bonds. The highest BCUT2D eigenvalue weighted by Crippen LogP contribution is 2.33.